The molecule has 1 N–H and O–H groups in total. The summed E-state index contributed by atoms with van der Waals surface area (Å²) in [4.78, 5) is 11.8. The quantitative estimate of drug-likeness (QED) is 0.408. The molecule has 6 nitrogen and oxygen atoms in total. The van der Waals surface area contributed by atoms with Crippen molar-refractivity contribution in [3.05, 3.63) is 67.8 Å². The molecule has 168 valence electrons. The second kappa shape index (κ2) is 12.5. The van der Waals surface area contributed by atoms with Crippen LogP contribution >= 0.6 is 39.1 Å². The summed E-state index contributed by atoms with van der Waals surface area (Å²) in [6, 6.07) is 11.5. The third-order valence-corrected chi connectivity index (χ3v) is 8.69. The van der Waals surface area contributed by atoms with Crippen molar-refractivity contribution >= 4 is 55.1 Å². The molecule has 0 unspecified atom stereocenters. The van der Waals surface area contributed by atoms with Gasteiger partial charge >= 0.3 is 29.6 Å². The average Bonchev–Trinajstić information content (AvgIpc) is 2.75. The number of amides is 1. The van der Waals surface area contributed by atoms with Gasteiger partial charge in [-0.1, -0.05) is 45.2 Å². The summed E-state index contributed by atoms with van der Waals surface area (Å²) >= 11 is 16.0. The predicted octanol–water partition coefficient (Wildman–Crippen LogP) is 2.37. The summed E-state index contributed by atoms with van der Waals surface area (Å²) in [6.45, 7) is 0.309. The molecule has 0 saturated heterocycles. The number of halogens is 3. The van der Waals surface area contributed by atoms with Gasteiger partial charge in [0.15, 0.2) is 0 Å². The van der Waals surface area contributed by atoms with E-state index in [2.05, 4.69) is 15.9 Å². The minimum atomic E-state index is -3.82. The summed E-state index contributed by atoms with van der Waals surface area (Å²) in [5.41, 5.74) is 2.00. The second-order valence-electron chi connectivity index (χ2n) is 7.64. The normalized spacial score (nSPS) is 18.8. The van der Waals surface area contributed by atoms with E-state index in [1.165, 1.54) is 9.79 Å². The van der Waals surface area contributed by atoms with Crippen molar-refractivity contribution in [1.82, 2.24) is 9.79 Å². The zero-order valence-corrected chi connectivity index (χ0v) is 23.5. The topological polar surface area (TPSA) is 89.5 Å². The van der Waals surface area contributed by atoms with E-state index in [9.17, 15) is 18.4 Å². The molecule has 11 heteroatoms. The van der Waals surface area contributed by atoms with Gasteiger partial charge in [0.25, 0.3) is 0 Å². The van der Waals surface area contributed by atoms with Gasteiger partial charge in [0, 0.05) is 39.1 Å². The van der Waals surface area contributed by atoms with E-state index in [1.54, 1.807) is 42.5 Å². The number of sulfonamides is 1. The molecule has 1 fully saturated rings. The standard InChI is InChI=1S/C21H22BrCl2N2O4S.Na/c22-16-8-10-17(11-9-16)31(29,30)26(13-18-19(23)2-1-3-20(18)24)12-14-4-6-15(7-5-14)21(27)25-28;/h1-3,8-11,14-15H,4-7,12-13H2,(H-,25,27,28);/q-1;+1. The number of rotatable bonds is 7. The van der Waals surface area contributed by atoms with Crippen LogP contribution in [-0.4, -0.2) is 25.2 Å². The average molecular weight is 572 g/mol. The Bertz CT molecular complexity index is 1010. The molecule has 3 rings (SSSR count). The minimum absolute atomic E-state index is 0. The summed E-state index contributed by atoms with van der Waals surface area (Å²) < 4.78 is 29.1. The van der Waals surface area contributed by atoms with Crippen LogP contribution in [0.4, 0.5) is 0 Å². The fourth-order valence-electron chi connectivity index (χ4n) is 3.84. The maximum Gasteiger partial charge on any atom is 1.00 e. The molecule has 2 aromatic rings. The van der Waals surface area contributed by atoms with Crippen LogP contribution in [0, 0.1) is 17.0 Å². The van der Waals surface area contributed by atoms with Crippen molar-refractivity contribution in [3.63, 3.8) is 0 Å². The Hall–Kier alpha value is -0.160. The van der Waals surface area contributed by atoms with Gasteiger partial charge in [-0.3, -0.25) is 4.79 Å². The van der Waals surface area contributed by atoms with Crippen LogP contribution < -0.4 is 35.0 Å². The van der Waals surface area contributed by atoms with Crippen LogP contribution in [0.2, 0.25) is 10.0 Å². The SMILES string of the molecule is O=C(N[O-])C1CCC(CN(Cc2c(Cl)cccc2Cl)S(=O)(=O)c2ccc(Br)cc2)CC1.[Na+]. The first-order valence-corrected chi connectivity index (χ1v) is 12.8. The zero-order valence-electron chi connectivity index (χ0n) is 17.6. The fourth-order valence-corrected chi connectivity index (χ4v) is 6.11. The summed E-state index contributed by atoms with van der Waals surface area (Å²) in [7, 11) is -3.82. The molecule has 0 aliphatic heterocycles. The third-order valence-electron chi connectivity index (χ3n) is 5.63. The molecule has 1 amide bonds. The predicted molar refractivity (Wildman–Crippen MR) is 125 cm³/mol. The van der Waals surface area contributed by atoms with Crippen LogP contribution in [0.1, 0.15) is 31.2 Å². The number of nitrogens with zero attached hydrogens (tertiary/aromatic N) is 1. The van der Waals surface area contributed by atoms with Gasteiger partial charge in [-0.2, -0.15) is 4.31 Å². The number of carbonyl (C=O) groups excluding carboxylic acids is 1. The molecule has 32 heavy (non-hydrogen) atoms. The monoisotopic (exact) mass is 570 g/mol. The molecule has 0 bridgehead atoms. The van der Waals surface area contributed by atoms with Gasteiger partial charge in [-0.05, 0) is 68.0 Å². The van der Waals surface area contributed by atoms with Crippen LogP contribution in [0.15, 0.2) is 51.8 Å². The van der Waals surface area contributed by atoms with E-state index >= 15 is 0 Å². The van der Waals surface area contributed by atoms with Crippen LogP contribution in [-0.2, 0) is 21.4 Å². The molecule has 1 aliphatic rings. The molecule has 0 spiro atoms. The maximum atomic E-state index is 13.5. The maximum absolute atomic E-state index is 13.5. The van der Waals surface area contributed by atoms with E-state index in [0.29, 0.717) is 41.3 Å². The van der Waals surface area contributed by atoms with Crippen molar-refractivity contribution in [2.45, 2.75) is 37.1 Å². The molecule has 0 aromatic heterocycles. The Morgan fingerprint density at radius 2 is 1.62 bits per heavy atom. The molecule has 0 atom stereocenters. The number of carbonyl (C=O) groups is 1. The van der Waals surface area contributed by atoms with Gasteiger partial charge in [-0.25, -0.2) is 8.42 Å². The number of hydrogen-bond acceptors (Lipinski definition) is 4. The number of hydroxylamine groups is 1. The van der Waals surface area contributed by atoms with E-state index in [-0.39, 0.29) is 59.4 Å². The molecule has 0 radical (unpaired) electrons. The third kappa shape index (κ3) is 6.93. The molecule has 1 saturated carbocycles. The van der Waals surface area contributed by atoms with Gasteiger partial charge in [0.2, 0.25) is 15.9 Å². The summed E-state index contributed by atoms with van der Waals surface area (Å²) in [5, 5.41) is 11.5. The fraction of sp³-hybridized carbons (Fsp3) is 0.381. The first kappa shape index (κ1) is 28.1. The first-order chi connectivity index (χ1) is 14.7. The van der Waals surface area contributed by atoms with E-state index < -0.39 is 15.9 Å². The van der Waals surface area contributed by atoms with Gasteiger partial charge in [0.05, 0.1) is 4.90 Å². The van der Waals surface area contributed by atoms with Crippen molar-refractivity contribution < 1.29 is 42.8 Å². The zero-order chi connectivity index (χ0) is 22.6. The van der Waals surface area contributed by atoms with Crippen LogP contribution in [0.3, 0.4) is 0 Å². The Kier molecular flexibility index (Phi) is 11.0. The van der Waals surface area contributed by atoms with E-state index in [0.717, 1.165) is 4.47 Å². The summed E-state index contributed by atoms with van der Waals surface area (Å²) in [5.74, 6) is -0.758. The van der Waals surface area contributed by atoms with Crippen molar-refractivity contribution in [2.75, 3.05) is 6.54 Å². The number of hydrogen-bond donors (Lipinski definition) is 1. The minimum Gasteiger partial charge on any atom is -0.759 e. The second-order valence-corrected chi connectivity index (χ2v) is 11.3. The van der Waals surface area contributed by atoms with Crippen molar-refractivity contribution in [1.29, 1.82) is 0 Å². The Balaban J connectivity index is 0.00000363. The Morgan fingerprint density at radius 3 is 2.16 bits per heavy atom. The largest absolute Gasteiger partial charge is 1.00 e. The smallest absolute Gasteiger partial charge is 0.759 e. The van der Waals surface area contributed by atoms with Crippen molar-refractivity contribution in [2.24, 2.45) is 11.8 Å². The van der Waals surface area contributed by atoms with Gasteiger partial charge < -0.3 is 10.7 Å². The molecule has 2 aromatic carbocycles. The molecular weight excluding hydrogens is 550 g/mol. The van der Waals surface area contributed by atoms with E-state index in [1.807, 2.05) is 0 Å². The Morgan fingerprint density at radius 1 is 1.06 bits per heavy atom. The first-order valence-electron chi connectivity index (χ1n) is 9.83. The van der Waals surface area contributed by atoms with Gasteiger partial charge in [0.1, 0.15) is 0 Å². The summed E-state index contributed by atoms with van der Waals surface area (Å²) in [6.07, 6.45) is 2.41. The number of nitrogens with one attached hydrogen (secondary N) is 1. The van der Waals surface area contributed by atoms with E-state index in [4.69, 9.17) is 23.2 Å². The van der Waals surface area contributed by atoms with Crippen molar-refractivity contribution in [3.8, 4) is 0 Å². The molecule has 1 aliphatic carbocycles. The molecule has 0 heterocycles. The van der Waals surface area contributed by atoms with Crippen LogP contribution in [0.5, 0.6) is 0 Å². The van der Waals surface area contributed by atoms with Crippen LogP contribution in [0.25, 0.3) is 0 Å². The number of benzene rings is 2. The molecular formula is C21H22BrCl2N2NaO4S. The van der Waals surface area contributed by atoms with Gasteiger partial charge in [-0.15, -0.1) is 0 Å². The Labute approximate surface area is 229 Å².